The fourth-order valence-corrected chi connectivity index (χ4v) is 1.78. The molecule has 0 atom stereocenters. The minimum Gasteiger partial charge on any atom is -0.399 e. The summed E-state index contributed by atoms with van der Waals surface area (Å²) in [5, 5.41) is 8.75. The Morgan fingerprint density at radius 3 is 2.89 bits per heavy atom. The second-order valence-electron chi connectivity index (χ2n) is 4.14. The number of anilines is 2. The number of nitrogens with two attached hydrogens (primary N) is 1. The van der Waals surface area contributed by atoms with E-state index in [-0.39, 0.29) is 0 Å². The van der Waals surface area contributed by atoms with E-state index in [9.17, 15) is 0 Å². The minimum absolute atomic E-state index is 0.441. The number of aromatic nitrogens is 2. The van der Waals surface area contributed by atoms with Gasteiger partial charge in [-0.05, 0) is 17.7 Å². The molecule has 96 valence electrons. The topological polar surface area (TPSA) is 78.8 Å². The van der Waals surface area contributed by atoms with Crippen LogP contribution < -0.4 is 10.6 Å². The molecule has 0 unspecified atom stereocenters. The molecule has 0 radical (unpaired) electrons. The highest BCUT2D eigenvalue weighted by Crippen LogP contribution is 2.17. The molecule has 0 aromatic carbocycles. The average molecular weight is 253 g/mol. The smallest absolute Gasteiger partial charge is 0.130 e. The third-order valence-electron chi connectivity index (χ3n) is 2.68. The summed E-state index contributed by atoms with van der Waals surface area (Å²) in [6, 6.07) is 9.60. The standard InChI is InChI=1S/C14H15N5/c15-5-2-8-19(11-12-3-1-6-17-10-12)14-9-13(16)4-7-18-14/h1,3-4,6-7,9-10H,2,8,11H2,(H2,16,18). The van der Waals surface area contributed by atoms with Crippen LogP contribution in [0.1, 0.15) is 12.0 Å². The van der Waals surface area contributed by atoms with Gasteiger partial charge in [-0.15, -0.1) is 0 Å². The molecule has 0 aliphatic rings. The number of hydrogen-bond acceptors (Lipinski definition) is 5. The number of rotatable bonds is 5. The normalized spacial score (nSPS) is 9.84. The third kappa shape index (κ3) is 3.68. The summed E-state index contributed by atoms with van der Waals surface area (Å²) in [5.41, 5.74) is 7.51. The molecular weight excluding hydrogens is 238 g/mol. The first-order valence-electron chi connectivity index (χ1n) is 6.02. The van der Waals surface area contributed by atoms with Crippen LogP contribution in [0, 0.1) is 11.3 Å². The van der Waals surface area contributed by atoms with Gasteiger partial charge in [-0.3, -0.25) is 4.98 Å². The molecule has 0 spiro atoms. The van der Waals surface area contributed by atoms with Crippen LogP contribution in [0.2, 0.25) is 0 Å². The molecule has 0 saturated carbocycles. The van der Waals surface area contributed by atoms with Gasteiger partial charge in [0.15, 0.2) is 0 Å². The van der Waals surface area contributed by atoms with Gasteiger partial charge < -0.3 is 10.6 Å². The van der Waals surface area contributed by atoms with Crippen molar-refractivity contribution in [1.82, 2.24) is 9.97 Å². The van der Waals surface area contributed by atoms with Crippen LogP contribution in [-0.4, -0.2) is 16.5 Å². The van der Waals surface area contributed by atoms with E-state index in [0.29, 0.717) is 25.2 Å². The zero-order valence-corrected chi connectivity index (χ0v) is 10.5. The lowest BCUT2D eigenvalue weighted by Gasteiger charge is -2.22. The highest BCUT2D eigenvalue weighted by molar-refractivity contribution is 5.50. The fourth-order valence-electron chi connectivity index (χ4n) is 1.78. The molecule has 0 bridgehead atoms. The Morgan fingerprint density at radius 1 is 1.32 bits per heavy atom. The quantitative estimate of drug-likeness (QED) is 0.881. The SMILES string of the molecule is N#CCCN(Cc1cccnc1)c1cc(N)ccn1. The summed E-state index contributed by atoms with van der Waals surface area (Å²) in [5.74, 6) is 0.777. The van der Waals surface area contributed by atoms with Gasteiger partial charge in [0.05, 0.1) is 12.5 Å². The Labute approximate surface area is 112 Å². The third-order valence-corrected chi connectivity index (χ3v) is 2.68. The van der Waals surface area contributed by atoms with Gasteiger partial charge in [-0.2, -0.15) is 5.26 Å². The van der Waals surface area contributed by atoms with Crippen molar-refractivity contribution in [3.63, 3.8) is 0 Å². The van der Waals surface area contributed by atoms with Crippen LogP contribution >= 0.6 is 0 Å². The molecule has 0 aliphatic heterocycles. The van der Waals surface area contributed by atoms with Crippen molar-refractivity contribution in [3.8, 4) is 6.07 Å². The van der Waals surface area contributed by atoms with Crippen LogP contribution in [0.15, 0.2) is 42.9 Å². The van der Waals surface area contributed by atoms with E-state index in [1.807, 2.05) is 29.3 Å². The molecule has 0 amide bonds. The number of nitrogens with zero attached hydrogens (tertiary/aromatic N) is 4. The van der Waals surface area contributed by atoms with Crippen molar-refractivity contribution >= 4 is 11.5 Å². The summed E-state index contributed by atoms with van der Waals surface area (Å²) in [7, 11) is 0. The maximum absolute atomic E-state index is 8.75. The van der Waals surface area contributed by atoms with E-state index < -0.39 is 0 Å². The van der Waals surface area contributed by atoms with Crippen molar-refractivity contribution in [1.29, 1.82) is 5.26 Å². The van der Waals surface area contributed by atoms with Crippen LogP contribution in [0.25, 0.3) is 0 Å². The zero-order chi connectivity index (χ0) is 13.5. The maximum Gasteiger partial charge on any atom is 0.130 e. The summed E-state index contributed by atoms with van der Waals surface area (Å²) in [6.07, 6.45) is 5.66. The van der Waals surface area contributed by atoms with E-state index in [0.717, 1.165) is 11.4 Å². The lowest BCUT2D eigenvalue weighted by molar-refractivity contribution is 0.781. The van der Waals surface area contributed by atoms with E-state index in [1.165, 1.54) is 0 Å². The first-order chi connectivity index (χ1) is 9.29. The summed E-state index contributed by atoms with van der Waals surface area (Å²) in [6.45, 7) is 1.27. The lowest BCUT2D eigenvalue weighted by atomic mass is 10.2. The van der Waals surface area contributed by atoms with E-state index in [4.69, 9.17) is 11.0 Å². The number of hydrogen-bond donors (Lipinski definition) is 1. The second-order valence-corrected chi connectivity index (χ2v) is 4.14. The number of nitrogen functional groups attached to an aromatic ring is 1. The molecule has 2 aromatic rings. The van der Waals surface area contributed by atoms with Crippen LogP contribution in [0.3, 0.4) is 0 Å². The number of pyridine rings is 2. The van der Waals surface area contributed by atoms with Gasteiger partial charge >= 0.3 is 0 Å². The zero-order valence-electron chi connectivity index (χ0n) is 10.5. The van der Waals surface area contributed by atoms with Crippen molar-refractivity contribution in [3.05, 3.63) is 48.4 Å². The van der Waals surface area contributed by atoms with Gasteiger partial charge in [0, 0.05) is 43.4 Å². The predicted octanol–water partition coefficient (Wildman–Crippen LogP) is 1.98. The van der Waals surface area contributed by atoms with E-state index in [2.05, 4.69) is 16.0 Å². The average Bonchev–Trinajstić information content (AvgIpc) is 2.44. The molecule has 2 N–H and O–H groups in total. The molecule has 2 aromatic heterocycles. The van der Waals surface area contributed by atoms with Gasteiger partial charge in [-0.1, -0.05) is 6.07 Å². The summed E-state index contributed by atoms with van der Waals surface area (Å²) >= 11 is 0. The molecule has 0 aliphatic carbocycles. The molecule has 0 saturated heterocycles. The van der Waals surface area contributed by atoms with Gasteiger partial charge in [0.2, 0.25) is 0 Å². The Hall–Kier alpha value is -2.61. The molecule has 5 heteroatoms. The Bertz CT molecular complexity index is 562. The predicted molar refractivity (Wildman–Crippen MR) is 74.2 cm³/mol. The summed E-state index contributed by atoms with van der Waals surface area (Å²) in [4.78, 5) is 10.4. The van der Waals surface area contributed by atoms with E-state index in [1.54, 1.807) is 18.5 Å². The van der Waals surface area contributed by atoms with Gasteiger partial charge in [-0.25, -0.2) is 4.98 Å². The van der Waals surface area contributed by atoms with Crippen LogP contribution in [0.4, 0.5) is 11.5 Å². The van der Waals surface area contributed by atoms with E-state index >= 15 is 0 Å². The molecule has 0 fully saturated rings. The van der Waals surface area contributed by atoms with Gasteiger partial charge in [0.25, 0.3) is 0 Å². The van der Waals surface area contributed by atoms with Crippen molar-refractivity contribution < 1.29 is 0 Å². The first-order valence-corrected chi connectivity index (χ1v) is 6.02. The molecular formula is C14H15N5. The van der Waals surface area contributed by atoms with Crippen molar-refractivity contribution in [2.75, 3.05) is 17.2 Å². The highest BCUT2D eigenvalue weighted by Gasteiger charge is 2.09. The molecule has 2 heterocycles. The van der Waals surface area contributed by atoms with Gasteiger partial charge in [0.1, 0.15) is 5.82 Å². The first kappa shape index (κ1) is 12.8. The second kappa shape index (κ2) is 6.36. The Balaban J connectivity index is 2.19. The molecule has 2 rings (SSSR count). The monoisotopic (exact) mass is 253 g/mol. The molecule has 19 heavy (non-hydrogen) atoms. The van der Waals surface area contributed by atoms with Crippen molar-refractivity contribution in [2.24, 2.45) is 0 Å². The summed E-state index contributed by atoms with van der Waals surface area (Å²) < 4.78 is 0. The fraction of sp³-hybridized carbons (Fsp3) is 0.214. The lowest BCUT2D eigenvalue weighted by Crippen LogP contribution is -2.24. The Morgan fingerprint density at radius 2 is 2.21 bits per heavy atom. The minimum atomic E-state index is 0.441. The van der Waals surface area contributed by atoms with Crippen LogP contribution in [0.5, 0.6) is 0 Å². The van der Waals surface area contributed by atoms with Crippen LogP contribution in [-0.2, 0) is 6.54 Å². The Kier molecular flexibility index (Phi) is 4.29. The highest BCUT2D eigenvalue weighted by atomic mass is 15.2. The molecule has 5 nitrogen and oxygen atoms in total. The number of nitriles is 1. The maximum atomic E-state index is 8.75. The van der Waals surface area contributed by atoms with Crippen molar-refractivity contribution in [2.45, 2.75) is 13.0 Å². The largest absolute Gasteiger partial charge is 0.399 e.